The minimum Gasteiger partial charge on any atom is -0.298 e. The normalized spacial score (nSPS) is 10.9. The Labute approximate surface area is 139 Å². The van der Waals surface area contributed by atoms with Crippen molar-refractivity contribution in [3.63, 3.8) is 0 Å². The standard InChI is InChI=1S/C15H14ClN3O3S/c1-10(11-5-3-2-4-6-11)18-19-15(20)12-7-8-13(16)14(9-12)23(17,21)22/h2-9,18H,1H2,(H,19,20)(H2,17,21,22). The molecule has 120 valence electrons. The lowest BCUT2D eigenvalue weighted by Crippen LogP contribution is -2.36. The van der Waals surface area contributed by atoms with Gasteiger partial charge in [0.2, 0.25) is 10.0 Å². The van der Waals surface area contributed by atoms with Crippen LogP contribution in [-0.2, 0) is 10.0 Å². The number of carbonyl (C=O) groups is 1. The maximum Gasteiger partial charge on any atom is 0.269 e. The Morgan fingerprint density at radius 1 is 1.04 bits per heavy atom. The van der Waals surface area contributed by atoms with Crippen LogP contribution >= 0.6 is 11.6 Å². The van der Waals surface area contributed by atoms with Crippen LogP contribution in [0.15, 0.2) is 60.0 Å². The fourth-order valence-electron chi connectivity index (χ4n) is 1.78. The summed E-state index contributed by atoms with van der Waals surface area (Å²) in [4.78, 5) is 11.8. The van der Waals surface area contributed by atoms with Crippen LogP contribution in [0.25, 0.3) is 5.70 Å². The molecule has 0 saturated carbocycles. The number of benzene rings is 2. The van der Waals surface area contributed by atoms with Crippen molar-refractivity contribution in [2.75, 3.05) is 0 Å². The van der Waals surface area contributed by atoms with E-state index in [4.69, 9.17) is 16.7 Å². The zero-order valence-electron chi connectivity index (χ0n) is 11.9. The average Bonchev–Trinajstić information content (AvgIpc) is 2.52. The molecule has 0 radical (unpaired) electrons. The first kappa shape index (κ1) is 17.0. The predicted molar refractivity (Wildman–Crippen MR) is 88.9 cm³/mol. The quantitative estimate of drug-likeness (QED) is 0.716. The third kappa shape index (κ3) is 4.32. The van der Waals surface area contributed by atoms with Gasteiger partial charge in [-0.15, -0.1) is 0 Å². The fraction of sp³-hybridized carbons (Fsp3) is 0. The largest absolute Gasteiger partial charge is 0.298 e. The number of carbonyl (C=O) groups excluding carboxylic acids is 1. The molecule has 2 aromatic carbocycles. The second-order valence-corrected chi connectivity index (χ2v) is 6.55. The van der Waals surface area contributed by atoms with Crippen molar-refractivity contribution in [2.24, 2.45) is 5.14 Å². The third-order valence-corrected chi connectivity index (χ3v) is 4.34. The lowest BCUT2D eigenvalue weighted by Gasteiger charge is -2.12. The molecule has 8 heteroatoms. The molecule has 0 aliphatic rings. The first-order chi connectivity index (χ1) is 10.8. The van der Waals surface area contributed by atoms with Gasteiger partial charge in [-0.25, -0.2) is 13.6 Å². The number of hydrazine groups is 1. The topological polar surface area (TPSA) is 101 Å². The highest BCUT2D eigenvalue weighted by atomic mass is 35.5. The molecular formula is C15H14ClN3O3S. The van der Waals surface area contributed by atoms with Crippen molar-refractivity contribution in [1.29, 1.82) is 0 Å². The van der Waals surface area contributed by atoms with Crippen LogP contribution in [0.5, 0.6) is 0 Å². The summed E-state index contributed by atoms with van der Waals surface area (Å²) in [7, 11) is -4.01. The van der Waals surface area contributed by atoms with E-state index in [2.05, 4.69) is 17.4 Å². The van der Waals surface area contributed by atoms with E-state index < -0.39 is 15.9 Å². The van der Waals surface area contributed by atoms with Gasteiger partial charge >= 0.3 is 0 Å². The molecule has 2 rings (SSSR count). The molecule has 0 heterocycles. The van der Waals surface area contributed by atoms with Crippen LogP contribution in [-0.4, -0.2) is 14.3 Å². The van der Waals surface area contributed by atoms with Gasteiger partial charge in [0.05, 0.1) is 10.7 Å². The SMILES string of the molecule is C=C(NNC(=O)c1ccc(Cl)c(S(N)(=O)=O)c1)c1ccccc1. The second kappa shape index (κ2) is 6.82. The Kier molecular flexibility index (Phi) is 5.05. The second-order valence-electron chi connectivity index (χ2n) is 4.61. The monoisotopic (exact) mass is 351 g/mol. The predicted octanol–water partition coefficient (Wildman–Crippen LogP) is 1.89. The maximum atomic E-state index is 12.1. The van der Waals surface area contributed by atoms with Gasteiger partial charge in [0.1, 0.15) is 4.90 Å². The summed E-state index contributed by atoms with van der Waals surface area (Å²) < 4.78 is 22.8. The number of hydrogen-bond acceptors (Lipinski definition) is 4. The minimum atomic E-state index is -4.01. The molecule has 0 bridgehead atoms. The summed E-state index contributed by atoms with van der Waals surface area (Å²) in [5.41, 5.74) is 6.47. The van der Waals surface area contributed by atoms with E-state index >= 15 is 0 Å². The van der Waals surface area contributed by atoms with Crippen molar-refractivity contribution in [3.05, 3.63) is 71.3 Å². The Bertz CT molecular complexity index is 852. The summed E-state index contributed by atoms with van der Waals surface area (Å²) in [6, 6.07) is 13.0. The molecule has 0 aromatic heterocycles. The molecule has 0 saturated heterocycles. The van der Waals surface area contributed by atoms with Crippen LogP contribution in [0.4, 0.5) is 0 Å². The van der Waals surface area contributed by atoms with E-state index in [1.165, 1.54) is 12.1 Å². The highest BCUT2D eigenvalue weighted by Crippen LogP contribution is 2.21. The van der Waals surface area contributed by atoms with E-state index in [9.17, 15) is 13.2 Å². The van der Waals surface area contributed by atoms with Gasteiger partial charge in [0.15, 0.2) is 0 Å². The third-order valence-electron chi connectivity index (χ3n) is 2.95. The lowest BCUT2D eigenvalue weighted by atomic mass is 10.2. The summed E-state index contributed by atoms with van der Waals surface area (Å²) in [5.74, 6) is -0.552. The summed E-state index contributed by atoms with van der Waals surface area (Å²) in [5, 5.41) is 5.00. The number of primary sulfonamides is 1. The molecule has 1 amide bonds. The first-order valence-electron chi connectivity index (χ1n) is 6.42. The smallest absolute Gasteiger partial charge is 0.269 e. The van der Waals surface area contributed by atoms with Gasteiger partial charge in [-0.2, -0.15) is 0 Å². The van der Waals surface area contributed by atoms with Gasteiger partial charge in [-0.1, -0.05) is 48.5 Å². The van der Waals surface area contributed by atoms with Crippen molar-refractivity contribution in [3.8, 4) is 0 Å². The van der Waals surface area contributed by atoms with Crippen molar-refractivity contribution < 1.29 is 13.2 Å². The number of amides is 1. The summed E-state index contributed by atoms with van der Waals surface area (Å²) in [6.07, 6.45) is 0. The van der Waals surface area contributed by atoms with Crippen LogP contribution in [0.3, 0.4) is 0 Å². The van der Waals surface area contributed by atoms with E-state index in [0.717, 1.165) is 11.6 Å². The molecular weight excluding hydrogens is 338 g/mol. The number of halogens is 1. The van der Waals surface area contributed by atoms with Crippen LogP contribution in [0, 0.1) is 0 Å². The molecule has 0 spiro atoms. The summed E-state index contributed by atoms with van der Waals surface area (Å²) in [6.45, 7) is 3.80. The Hall–Kier alpha value is -2.35. The van der Waals surface area contributed by atoms with Crippen LogP contribution < -0.4 is 16.0 Å². The lowest BCUT2D eigenvalue weighted by molar-refractivity contribution is 0.0942. The van der Waals surface area contributed by atoms with Gasteiger partial charge in [0.25, 0.3) is 5.91 Å². The highest BCUT2D eigenvalue weighted by Gasteiger charge is 2.16. The maximum absolute atomic E-state index is 12.1. The van der Waals surface area contributed by atoms with Crippen molar-refractivity contribution in [2.45, 2.75) is 4.90 Å². The van der Waals surface area contributed by atoms with Crippen molar-refractivity contribution in [1.82, 2.24) is 10.9 Å². The molecule has 0 aliphatic carbocycles. The number of rotatable bonds is 5. The Morgan fingerprint density at radius 3 is 2.30 bits per heavy atom. The fourth-order valence-corrected chi connectivity index (χ4v) is 2.85. The first-order valence-corrected chi connectivity index (χ1v) is 8.34. The van der Waals surface area contributed by atoms with Gasteiger partial charge in [0, 0.05) is 5.56 Å². The zero-order valence-corrected chi connectivity index (χ0v) is 13.5. The molecule has 0 atom stereocenters. The number of sulfonamides is 1. The van der Waals surface area contributed by atoms with Gasteiger partial charge < -0.3 is 0 Å². The van der Waals surface area contributed by atoms with E-state index in [-0.39, 0.29) is 15.5 Å². The molecule has 0 unspecified atom stereocenters. The molecule has 23 heavy (non-hydrogen) atoms. The Balaban J connectivity index is 2.11. The zero-order chi connectivity index (χ0) is 17.0. The highest BCUT2D eigenvalue weighted by molar-refractivity contribution is 7.89. The van der Waals surface area contributed by atoms with Crippen LogP contribution in [0.1, 0.15) is 15.9 Å². The van der Waals surface area contributed by atoms with Gasteiger partial charge in [-0.3, -0.25) is 15.6 Å². The number of nitrogens with one attached hydrogen (secondary N) is 2. The van der Waals surface area contributed by atoms with Crippen molar-refractivity contribution >= 4 is 33.2 Å². The van der Waals surface area contributed by atoms with E-state index in [1.54, 1.807) is 0 Å². The van der Waals surface area contributed by atoms with Gasteiger partial charge in [-0.05, 0) is 23.8 Å². The summed E-state index contributed by atoms with van der Waals surface area (Å²) >= 11 is 5.77. The molecule has 4 N–H and O–H groups in total. The molecule has 0 fully saturated rings. The van der Waals surface area contributed by atoms with E-state index in [0.29, 0.717) is 5.70 Å². The number of hydrogen-bond donors (Lipinski definition) is 3. The molecule has 2 aromatic rings. The van der Waals surface area contributed by atoms with Crippen LogP contribution in [0.2, 0.25) is 5.02 Å². The minimum absolute atomic E-state index is 0.0503. The molecule has 0 aliphatic heterocycles. The van der Waals surface area contributed by atoms with E-state index in [1.807, 2.05) is 30.3 Å². The number of nitrogens with two attached hydrogens (primary N) is 1. The average molecular weight is 352 g/mol. The molecule has 6 nitrogen and oxygen atoms in total. The Morgan fingerprint density at radius 2 is 1.70 bits per heavy atom.